The van der Waals surface area contributed by atoms with Crippen molar-refractivity contribution < 1.29 is 4.74 Å². The number of fused-ring (bicyclic) bond motifs is 3. The summed E-state index contributed by atoms with van der Waals surface area (Å²) in [6.07, 6.45) is 0. The minimum Gasteiger partial charge on any atom is -0.457 e. The molecule has 4 nitrogen and oxygen atoms in total. The van der Waals surface area contributed by atoms with Crippen LogP contribution in [0.2, 0.25) is 0 Å². The maximum atomic E-state index is 6.52. The molecule has 1 aliphatic rings. The average Bonchev–Trinajstić information content (AvgIpc) is 3.17. The van der Waals surface area contributed by atoms with E-state index in [9.17, 15) is 0 Å². The van der Waals surface area contributed by atoms with E-state index in [1.807, 2.05) is 42.5 Å². The summed E-state index contributed by atoms with van der Waals surface area (Å²) >= 11 is 0. The minimum absolute atomic E-state index is 0.616. The molecular weight excluding hydrogens is 587 g/mol. The van der Waals surface area contributed by atoms with Crippen molar-refractivity contribution in [2.24, 2.45) is 0 Å². The lowest BCUT2D eigenvalue weighted by Crippen LogP contribution is -2.34. The molecule has 0 unspecified atom stereocenters. The fourth-order valence-electron chi connectivity index (χ4n) is 7.04. The number of aromatic nitrogens is 3. The second-order valence-electron chi connectivity index (χ2n) is 12.0. The summed E-state index contributed by atoms with van der Waals surface area (Å²) in [6.45, 7) is 0. The lowest BCUT2D eigenvalue weighted by Gasteiger charge is -2.41. The smallest absolute Gasteiger partial charge is 0.164 e. The van der Waals surface area contributed by atoms with Crippen LogP contribution in [-0.4, -0.2) is 15.0 Å². The highest BCUT2D eigenvalue weighted by molar-refractivity contribution is 5.86. The van der Waals surface area contributed by atoms with E-state index in [4.69, 9.17) is 19.7 Å². The van der Waals surface area contributed by atoms with Crippen molar-refractivity contribution in [3.05, 3.63) is 198 Å². The fourth-order valence-corrected chi connectivity index (χ4v) is 7.04. The van der Waals surface area contributed by atoms with Gasteiger partial charge in [0, 0.05) is 27.8 Å². The molecule has 9 rings (SSSR count). The number of benzene rings is 7. The first-order valence-electron chi connectivity index (χ1n) is 16.1. The van der Waals surface area contributed by atoms with Crippen LogP contribution in [0.4, 0.5) is 0 Å². The zero-order valence-corrected chi connectivity index (χ0v) is 26.0. The molecule has 0 spiro atoms. The zero-order valence-electron chi connectivity index (χ0n) is 26.0. The van der Waals surface area contributed by atoms with Gasteiger partial charge in [-0.25, -0.2) is 15.0 Å². The number of ether oxygens (including phenoxy) is 1. The first-order valence-corrected chi connectivity index (χ1v) is 16.1. The molecule has 2 heterocycles. The van der Waals surface area contributed by atoms with Gasteiger partial charge in [0.15, 0.2) is 17.5 Å². The summed E-state index contributed by atoms with van der Waals surface area (Å²) in [5, 5.41) is 2.32. The first kappa shape index (κ1) is 27.9. The third-order valence-corrected chi connectivity index (χ3v) is 9.24. The van der Waals surface area contributed by atoms with Gasteiger partial charge in [0.1, 0.15) is 11.5 Å². The monoisotopic (exact) mass is 615 g/mol. The Morgan fingerprint density at radius 1 is 0.354 bits per heavy atom. The lowest BCUT2D eigenvalue weighted by atomic mass is 9.63. The highest BCUT2D eigenvalue weighted by Gasteiger charge is 2.45. The number of hydrogen-bond acceptors (Lipinski definition) is 4. The van der Waals surface area contributed by atoms with Gasteiger partial charge in [-0.3, -0.25) is 0 Å². The van der Waals surface area contributed by atoms with Gasteiger partial charge >= 0.3 is 0 Å². The van der Waals surface area contributed by atoms with Crippen molar-refractivity contribution in [3.8, 4) is 45.7 Å². The molecule has 0 fully saturated rings. The summed E-state index contributed by atoms with van der Waals surface area (Å²) in [5.74, 6) is 3.57. The molecule has 226 valence electrons. The molecule has 0 N–H and O–H groups in total. The van der Waals surface area contributed by atoms with Crippen LogP contribution in [0.25, 0.3) is 44.9 Å². The number of nitrogens with zero attached hydrogens (tertiary/aromatic N) is 3. The number of rotatable bonds is 5. The van der Waals surface area contributed by atoms with E-state index in [0.717, 1.165) is 55.8 Å². The van der Waals surface area contributed by atoms with Crippen molar-refractivity contribution in [2.45, 2.75) is 5.41 Å². The second-order valence-corrected chi connectivity index (χ2v) is 12.0. The van der Waals surface area contributed by atoms with Crippen molar-refractivity contribution in [3.63, 3.8) is 0 Å². The summed E-state index contributed by atoms with van der Waals surface area (Å²) in [6, 6.07) is 60.9. The number of para-hydroxylation sites is 2. The van der Waals surface area contributed by atoms with Crippen LogP contribution < -0.4 is 4.74 Å². The highest BCUT2D eigenvalue weighted by atomic mass is 16.5. The van der Waals surface area contributed by atoms with E-state index in [1.54, 1.807) is 0 Å². The molecule has 48 heavy (non-hydrogen) atoms. The van der Waals surface area contributed by atoms with Crippen molar-refractivity contribution >= 4 is 10.8 Å². The Bertz CT molecular complexity index is 2390. The van der Waals surface area contributed by atoms with Crippen LogP contribution in [0, 0.1) is 0 Å². The highest BCUT2D eigenvalue weighted by Crippen LogP contribution is 2.55. The van der Waals surface area contributed by atoms with Crippen molar-refractivity contribution in [2.75, 3.05) is 0 Å². The summed E-state index contributed by atoms with van der Waals surface area (Å²) in [5.41, 5.74) is 6.58. The quantitative estimate of drug-likeness (QED) is 0.193. The topological polar surface area (TPSA) is 47.9 Å². The van der Waals surface area contributed by atoms with Crippen molar-refractivity contribution in [1.82, 2.24) is 15.0 Å². The van der Waals surface area contributed by atoms with E-state index < -0.39 is 5.41 Å². The molecule has 0 amide bonds. The number of hydrogen-bond donors (Lipinski definition) is 0. The van der Waals surface area contributed by atoms with Crippen LogP contribution in [0.1, 0.15) is 22.3 Å². The Morgan fingerprint density at radius 2 is 0.854 bits per heavy atom. The van der Waals surface area contributed by atoms with E-state index in [0.29, 0.717) is 17.5 Å². The van der Waals surface area contributed by atoms with Gasteiger partial charge in [-0.1, -0.05) is 152 Å². The predicted molar refractivity (Wildman–Crippen MR) is 192 cm³/mol. The molecule has 0 saturated heterocycles. The standard InChI is InChI=1S/C44H29N3O/c1-3-15-31(16-4-1)41-45-42(47-43(46-41)34-27-26-30-14-7-8-17-32(30)28-34)33-18-13-21-36(29-33)44(35-19-5-2-6-20-35)37-22-9-11-24-39(37)48-40-25-12-10-23-38(40)44/h1-29H. The third kappa shape index (κ3) is 4.57. The summed E-state index contributed by atoms with van der Waals surface area (Å²) < 4.78 is 6.52. The van der Waals surface area contributed by atoms with Gasteiger partial charge in [0.2, 0.25) is 0 Å². The molecule has 7 aromatic carbocycles. The molecule has 0 atom stereocenters. The predicted octanol–water partition coefficient (Wildman–Crippen LogP) is 10.5. The van der Waals surface area contributed by atoms with Gasteiger partial charge in [0.05, 0.1) is 5.41 Å². The Hall–Kier alpha value is -6.39. The van der Waals surface area contributed by atoms with Crippen molar-refractivity contribution in [1.29, 1.82) is 0 Å². The maximum Gasteiger partial charge on any atom is 0.164 e. The Kier molecular flexibility index (Phi) is 6.65. The van der Waals surface area contributed by atoms with Crippen LogP contribution in [-0.2, 0) is 5.41 Å². The largest absolute Gasteiger partial charge is 0.457 e. The Morgan fingerprint density at radius 3 is 1.54 bits per heavy atom. The molecule has 0 saturated carbocycles. The van der Waals surface area contributed by atoms with E-state index in [-0.39, 0.29) is 0 Å². The maximum absolute atomic E-state index is 6.52. The zero-order chi connectivity index (χ0) is 31.9. The Balaban J connectivity index is 1.29. The fraction of sp³-hybridized carbons (Fsp3) is 0.0227. The summed E-state index contributed by atoms with van der Waals surface area (Å²) in [7, 11) is 0. The van der Waals surface area contributed by atoms with Gasteiger partial charge in [-0.2, -0.15) is 0 Å². The van der Waals surface area contributed by atoms with Gasteiger partial charge in [-0.15, -0.1) is 0 Å². The minimum atomic E-state index is -0.640. The van der Waals surface area contributed by atoms with Crippen LogP contribution >= 0.6 is 0 Å². The molecule has 0 radical (unpaired) electrons. The van der Waals surface area contributed by atoms with Crippen LogP contribution in [0.3, 0.4) is 0 Å². The van der Waals surface area contributed by atoms with Crippen LogP contribution in [0.15, 0.2) is 176 Å². The van der Waals surface area contributed by atoms with Crippen LogP contribution in [0.5, 0.6) is 11.5 Å². The van der Waals surface area contributed by atoms with Gasteiger partial charge in [0.25, 0.3) is 0 Å². The van der Waals surface area contributed by atoms with Gasteiger partial charge in [-0.05, 0) is 46.2 Å². The third-order valence-electron chi connectivity index (χ3n) is 9.24. The van der Waals surface area contributed by atoms with Gasteiger partial charge < -0.3 is 4.74 Å². The molecular formula is C44H29N3O. The molecule has 1 aromatic heterocycles. The molecule has 0 bridgehead atoms. The normalized spacial score (nSPS) is 12.9. The lowest BCUT2D eigenvalue weighted by molar-refractivity contribution is 0.434. The summed E-state index contributed by atoms with van der Waals surface area (Å²) in [4.78, 5) is 15.2. The molecule has 1 aliphatic heterocycles. The Labute approximate surface area is 279 Å². The second kappa shape index (κ2) is 11.4. The average molecular weight is 616 g/mol. The van der Waals surface area contributed by atoms with E-state index >= 15 is 0 Å². The SMILES string of the molecule is c1ccc(-c2nc(-c3cccc(C4(c5ccccc5)c5ccccc5Oc5ccccc54)c3)nc(-c3ccc4ccccc4c3)n2)cc1. The van der Waals surface area contributed by atoms with E-state index in [1.165, 1.54) is 5.39 Å². The molecule has 8 aromatic rings. The first-order chi connectivity index (χ1) is 23.8. The molecule has 4 heteroatoms. The molecule has 0 aliphatic carbocycles. The van der Waals surface area contributed by atoms with E-state index in [2.05, 4.69) is 133 Å².